The summed E-state index contributed by atoms with van der Waals surface area (Å²) in [5.74, 6) is 0.723. The molecule has 0 saturated carbocycles. The summed E-state index contributed by atoms with van der Waals surface area (Å²) in [5.41, 5.74) is 1.37. The molecule has 1 heteroatoms. The molecule has 0 aromatic heterocycles. The smallest absolute Gasteiger partial charge is 0.0523 e. The molecule has 0 atom stereocenters. The van der Waals surface area contributed by atoms with Crippen molar-refractivity contribution in [2.45, 2.75) is 53.5 Å². The van der Waals surface area contributed by atoms with Crippen molar-refractivity contribution < 1.29 is 0 Å². The molecule has 0 radical (unpaired) electrons. The normalized spacial score (nSPS) is 14.3. The van der Waals surface area contributed by atoms with Crippen molar-refractivity contribution in [1.29, 1.82) is 0 Å². The van der Waals surface area contributed by atoms with Crippen LogP contribution in [-0.4, -0.2) is 11.3 Å². The number of aliphatic imine (C=N–C) groups is 1. The lowest BCUT2D eigenvalue weighted by molar-refractivity contribution is 0.575. The second-order valence-electron chi connectivity index (χ2n) is 4.62. The molecule has 0 aromatic carbocycles. The van der Waals surface area contributed by atoms with E-state index in [1.807, 2.05) is 0 Å². The molecule has 0 aliphatic carbocycles. The molecule has 66 valence electrons. The van der Waals surface area contributed by atoms with Gasteiger partial charge in [-0.1, -0.05) is 13.8 Å². The lowest BCUT2D eigenvalue weighted by atomic mass is 10.1. The van der Waals surface area contributed by atoms with E-state index >= 15 is 0 Å². The summed E-state index contributed by atoms with van der Waals surface area (Å²) in [5, 5.41) is 0. The molecule has 0 spiro atoms. The maximum atomic E-state index is 4.57. The third kappa shape index (κ3) is 7.57. The van der Waals surface area contributed by atoms with Crippen LogP contribution in [0.15, 0.2) is 4.99 Å². The second kappa shape index (κ2) is 3.89. The molecule has 0 rings (SSSR count). The second-order valence-corrected chi connectivity index (χ2v) is 4.62. The monoisotopic (exact) mass is 155 g/mol. The SMILES string of the molecule is CC(CC(C)C)=NC(C)(C)C. The van der Waals surface area contributed by atoms with E-state index in [-0.39, 0.29) is 5.54 Å². The van der Waals surface area contributed by atoms with Gasteiger partial charge in [-0.05, 0) is 40.0 Å². The first-order chi connectivity index (χ1) is 4.81. The number of hydrogen-bond acceptors (Lipinski definition) is 1. The maximum absolute atomic E-state index is 4.57. The average molecular weight is 155 g/mol. The standard InChI is InChI=1S/C10H21N/c1-8(2)7-9(3)11-10(4,5)6/h8H,7H2,1-6H3. The zero-order valence-electron chi connectivity index (χ0n) is 8.73. The third-order valence-electron chi connectivity index (χ3n) is 1.23. The molecule has 0 unspecified atom stereocenters. The van der Waals surface area contributed by atoms with Crippen molar-refractivity contribution in [3.8, 4) is 0 Å². The third-order valence-corrected chi connectivity index (χ3v) is 1.23. The van der Waals surface area contributed by atoms with Gasteiger partial charge in [0.2, 0.25) is 0 Å². The van der Waals surface area contributed by atoms with E-state index < -0.39 is 0 Å². The van der Waals surface area contributed by atoms with Crippen LogP contribution in [0.1, 0.15) is 48.0 Å². The number of hydrogen-bond donors (Lipinski definition) is 0. The van der Waals surface area contributed by atoms with Crippen molar-refractivity contribution in [3.05, 3.63) is 0 Å². The van der Waals surface area contributed by atoms with Crippen LogP contribution in [0.2, 0.25) is 0 Å². The molecular formula is C10H21N. The first-order valence-corrected chi connectivity index (χ1v) is 4.36. The predicted octanol–water partition coefficient (Wildman–Crippen LogP) is 3.29. The Labute approximate surface area is 70.9 Å². The summed E-state index contributed by atoms with van der Waals surface area (Å²) < 4.78 is 0. The minimum absolute atomic E-state index is 0.0962. The first kappa shape index (κ1) is 10.7. The molecule has 11 heavy (non-hydrogen) atoms. The van der Waals surface area contributed by atoms with Gasteiger partial charge < -0.3 is 0 Å². The van der Waals surface area contributed by atoms with Crippen LogP contribution in [0, 0.1) is 5.92 Å². The zero-order valence-corrected chi connectivity index (χ0v) is 8.73. The van der Waals surface area contributed by atoms with Gasteiger partial charge in [-0.15, -0.1) is 0 Å². The van der Waals surface area contributed by atoms with Crippen LogP contribution in [0.4, 0.5) is 0 Å². The van der Waals surface area contributed by atoms with Crippen LogP contribution in [0.25, 0.3) is 0 Å². The van der Waals surface area contributed by atoms with E-state index in [0.717, 1.165) is 12.3 Å². The Hall–Kier alpha value is -0.330. The lowest BCUT2D eigenvalue weighted by Gasteiger charge is -2.14. The molecule has 1 nitrogen and oxygen atoms in total. The van der Waals surface area contributed by atoms with Crippen molar-refractivity contribution >= 4 is 5.71 Å². The minimum Gasteiger partial charge on any atom is -0.289 e. The van der Waals surface area contributed by atoms with Crippen molar-refractivity contribution in [2.75, 3.05) is 0 Å². The summed E-state index contributed by atoms with van der Waals surface area (Å²) in [6, 6.07) is 0. The van der Waals surface area contributed by atoms with Crippen molar-refractivity contribution in [2.24, 2.45) is 10.9 Å². The van der Waals surface area contributed by atoms with Gasteiger partial charge >= 0.3 is 0 Å². The molecule has 0 aliphatic heterocycles. The highest BCUT2D eigenvalue weighted by Gasteiger charge is 2.07. The largest absolute Gasteiger partial charge is 0.289 e. The number of rotatable bonds is 2. The van der Waals surface area contributed by atoms with Crippen LogP contribution in [0.3, 0.4) is 0 Å². The van der Waals surface area contributed by atoms with Gasteiger partial charge in [-0.3, -0.25) is 4.99 Å². The summed E-state index contributed by atoms with van der Waals surface area (Å²) in [6.07, 6.45) is 1.12. The minimum atomic E-state index is 0.0962. The summed E-state index contributed by atoms with van der Waals surface area (Å²) in [6.45, 7) is 13.0. The highest BCUT2D eigenvalue weighted by Crippen LogP contribution is 2.10. The fraction of sp³-hybridized carbons (Fsp3) is 0.900. The zero-order chi connectivity index (χ0) is 9.07. The molecule has 0 amide bonds. The van der Waals surface area contributed by atoms with Crippen LogP contribution in [0.5, 0.6) is 0 Å². The Kier molecular flexibility index (Phi) is 3.77. The highest BCUT2D eigenvalue weighted by atomic mass is 14.8. The summed E-state index contributed by atoms with van der Waals surface area (Å²) in [4.78, 5) is 4.57. The van der Waals surface area contributed by atoms with Gasteiger partial charge in [-0.2, -0.15) is 0 Å². The van der Waals surface area contributed by atoms with E-state index in [1.54, 1.807) is 0 Å². The number of nitrogens with zero attached hydrogens (tertiary/aromatic N) is 1. The molecule has 0 bridgehead atoms. The van der Waals surface area contributed by atoms with Gasteiger partial charge in [0.25, 0.3) is 0 Å². The van der Waals surface area contributed by atoms with Crippen LogP contribution in [-0.2, 0) is 0 Å². The van der Waals surface area contributed by atoms with E-state index in [1.165, 1.54) is 5.71 Å². The van der Waals surface area contributed by atoms with E-state index in [9.17, 15) is 0 Å². The fourth-order valence-corrected chi connectivity index (χ4v) is 1.21. The molecular weight excluding hydrogens is 134 g/mol. The maximum Gasteiger partial charge on any atom is 0.0523 e. The Morgan fingerprint density at radius 2 is 1.73 bits per heavy atom. The molecule has 0 heterocycles. The lowest BCUT2D eigenvalue weighted by Crippen LogP contribution is -2.13. The Balaban J connectivity index is 4.01. The van der Waals surface area contributed by atoms with Gasteiger partial charge in [0.1, 0.15) is 0 Å². The van der Waals surface area contributed by atoms with Crippen molar-refractivity contribution in [3.63, 3.8) is 0 Å². The first-order valence-electron chi connectivity index (χ1n) is 4.36. The fourth-order valence-electron chi connectivity index (χ4n) is 1.21. The molecule has 0 aliphatic rings. The molecule has 0 fully saturated rings. The van der Waals surface area contributed by atoms with Gasteiger partial charge in [0.15, 0.2) is 0 Å². The van der Waals surface area contributed by atoms with E-state index in [4.69, 9.17) is 0 Å². The Morgan fingerprint density at radius 1 is 1.27 bits per heavy atom. The van der Waals surface area contributed by atoms with Crippen LogP contribution >= 0.6 is 0 Å². The van der Waals surface area contributed by atoms with E-state index in [0.29, 0.717) is 0 Å². The van der Waals surface area contributed by atoms with Gasteiger partial charge in [0.05, 0.1) is 5.54 Å². The Morgan fingerprint density at radius 3 is 2.00 bits per heavy atom. The predicted molar refractivity (Wildman–Crippen MR) is 52.3 cm³/mol. The summed E-state index contributed by atoms with van der Waals surface area (Å²) in [7, 11) is 0. The topological polar surface area (TPSA) is 12.4 Å². The quantitative estimate of drug-likeness (QED) is 0.543. The van der Waals surface area contributed by atoms with Crippen LogP contribution < -0.4 is 0 Å². The van der Waals surface area contributed by atoms with Gasteiger partial charge in [0, 0.05) is 5.71 Å². The van der Waals surface area contributed by atoms with E-state index in [2.05, 4.69) is 46.5 Å². The van der Waals surface area contributed by atoms with Gasteiger partial charge in [-0.25, -0.2) is 0 Å². The summed E-state index contributed by atoms with van der Waals surface area (Å²) >= 11 is 0. The molecule has 0 N–H and O–H groups in total. The molecule has 0 aromatic rings. The Bertz CT molecular complexity index is 137. The van der Waals surface area contributed by atoms with Crippen molar-refractivity contribution in [1.82, 2.24) is 0 Å². The molecule has 0 saturated heterocycles. The highest BCUT2D eigenvalue weighted by molar-refractivity contribution is 5.82. The average Bonchev–Trinajstić information content (AvgIpc) is 1.53.